The molecular weight excluding hydrogens is 705 g/mol. The number of hydrogen-bond donors (Lipinski definition) is 0. The molecule has 0 atom stereocenters. The van der Waals surface area contributed by atoms with Crippen molar-refractivity contribution in [2.75, 3.05) is 0 Å². The third kappa shape index (κ3) is 5.56. The Balaban J connectivity index is 1.02. The van der Waals surface area contributed by atoms with Crippen LogP contribution in [-0.4, -0.2) is 19.5 Å². The first-order valence-electron chi connectivity index (χ1n) is 19.9. The van der Waals surface area contributed by atoms with E-state index in [0.29, 0.717) is 17.5 Å². The quantitative estimate of drug-likeness (QED) is 0.170. The fourth-order valence-electron chi connectivity index (χ4n) is 8.84. The van der Waals surface area contributed by atoms with Crippen molar-refractivity contribution < 1.29 is 0 Å². The molecule has 0 fully saturated rings. The Kier molecular flexibility index (Phi) is 7.80. The lowest BCUT2D eigenvalue weighted by Crippen LogP contribution is -2.26. The van der Waals surface area contributed by atoms with Crippen LogP contribution in [0.4, 0.5) is 0 Å². The summed E-state index contributed by atoms with van der Waals surface area (Å²) in [7, 11) is 0. The van der Waals surface area contributed by atoms with E-state index in [1.54, 1.807) is 0 Å². The minimum atomic E-state index is -0.194. The van der Waals surface area contributed by atoms with Crippen LogP contribution in [0.3, 0.4) is 0 Å². The van der Waals surface area contributed by atoms with Gasteiger partial charge in [-0.3, -0.25) is 0 Å². The van der Waals surface area contributed by atoms with Gasteiger partial charge in [-0.25, -0.2) is 15.0 Å². The molecule has 1 aliphatic rings. The van der Waals surface area contributed by atoms with Crippen LogP contribution in [0.5, 0.6) is 0 Å². The SMILES string of the molecule is CC1(C)c2ccccc2-n2c3ccccc3c3cc(-c4cccc(-c5nc(-c6ccccc6)nc(-c6ccc(-c7cccc(-c8ccccc8)c7)cc6)n5)c4)cc1c32. The van der Waals surface area contributed by atoms with E-state index in [9.17, 15) is 0 Å². The average Bonchev–Trinajstić information content (AvgIpc) is 3.63. The minimum Gasteiger partial charge on any atom is -0.309 e. The van der Waals surface area contributed by atoms with Crippen LogP contribution in [0.15, 0.2) is 194 Å². The third-order valence-electron chi connectivity index (χ3n) is 11.8. The van der Waals surface area contributed by atoms with Crippen LogP contribution in [0.1, 0.15) is 25.0 Å². The highest BCUT2D eigenvalue weighted by molar-refractivity contribution is 6.13. The van der Waals surface area contributed by atoms with Gasteiger partial charge in [0.1, 0.15) is 0 Å². The molecule has 1 aliphatic heterocycles. The van der Waals surface area contributed by atoms with Crippen molar-refractivity contribution in [3.63, 3.8) is 0 Å². The maximum absolute atomic E-state index is 5.15. The molecule has 0 bridgehead atoms. The monoisotopic (exact) mass is 742 g/mol. The average molecular weight is 743 g/mol. The van der Waals surface area contributed by atoms with Crippen molar-refractivity contribution in [1.82, 2.24) is 19.5 Å². The number of hydrogen-bond acceptors (Lipinski definition) is 3. The first-order chi connectivity index (χ1) is 28.5. The second-order valence-corrected chi connectivity index (χ2v) is 15.7. The Morgan fingerprint density at radius 2 is 0.828 bits per heavy atom. The van der Waals surface area contributed by atoms with Gasteiger partial charge in [0, 0.05) is 32.9 Å². The predicted octanol–water partition coefficient (Wildman–Crippen LogP) is 13.6. The lowest BCUT2D eigenvalue weighted by atomic mass is 9.74. The maximum atomic E-state index is 5.15. The summed E-state index contributed by atoms with van der Waals surface area (Å²) in [6.07, 6.45) is 0. The van der Waals surface area contributed by atoms with E-state index in [0.717, 1.165) is 33.4 Å². The summed E-state index contributed by atoms with van der Waals surface area (Å²) in [5.74, 6) is 1.92. The molecule has 58 heavy (non-hydrogen) atoms. The van der Waals surface area contributed by atoms with Gasteiger partial charge >= 0.3 is 0 Å². The summed E-state index contributed by atoms with van der Waals surface area (Å²) in [6.45, 7) is 4.71. The minimum absolute atomic E-state index is 0.194. The van der Waals surface area contributed by atoms with Crippen LogP contribution >= 0.6 is 0 Å². The summed E-state index contributed by atoms with van der Waals surface area (Å²) in [5, 5.41) is 2.52. The zero-order valence-electron chi connectivity index (χ0n) is 32.3. The number of nitrogens with zero attached hydrogens (tertiary/aromatic N) is 4. The molecule has 0 spiro atoms. The molecule has 0 radical (unpaired) electrons. The van der Waals surface area contributed by atoms with Gasteiger partial charge < -0.3 is 4.57 Å². The molecule has 0 unspecified atom stereocenters. The summed E-state index contributed by atoms with van der Waals surface area (Å²) < 4.78 is 2.46. The smallest absolute Gasteiger partial charge is 0.164 e. The fourth-order valence-corrected chi connectivity index (χ4v) is 8.84. The summed E-state index contributed by atoms with van der Waals surface area (Å²) in [5.41, 5.74) is 16.0. The molecule has 4 nitrogen and oxygen atoms in total. The second kappa shape index (κ2) is 13.4. The first kappa shape index (κ1) is 33.9. The van der Waals surface area contributed by atoms with Crippen molar-refractivity contribution in [2.45, 2.75) is 19.3 Å². The Hall–Kier alpha value is -7.43. The topological polar surface area (TPSA) is 43.6 Å². The van der Waals surface area contributed by atoms with Gasteiger partial charge in [0.2, 0.25) is 0 Å². The molecule has 11 rings (SSSR count). The maximum Gasteiger partial charge on any atom is 0.164 e. The number of para-hydroxylation sites is 2. The van der Waals surface area contributed by atoms with Gasteiger partial charge in [-0.05, 0) is 80.9 Å². The lowest BCUT2D eigenvalue weighted by molar-refractivity contribution is 0.630. The fraction of sp³-hybridized carbons (Fsp3) is 0.0556. The van der Waals surface area contributed by atoms with E-state index in [1.165, 1.54) is 55.3 Å². The highest BCUT2D eigenvalue weighted by Crippen LogP contribution is 2.49. The zero-order valence-corrected chi connectivity index (χ0v) is 32.3. The van der Waals surface area contributed by atoms with Crippen LogP contribution < -0.4 is 0 Å². The largest absolute Gasteiger partial charge is 0.309 e. The van der Waals surface area contributed by atoms with Gasteiger partial charge in [0.15, 0.2) is 17.5 Å². The Morgan fingerprint density at radius 1 is 0.345 bits per heavy atom. The van der Waals surface area contributed by atoms with Crippen molar-refractivity contribution in [3.8, 4) is 73.2 Å². The van der Waals surface area contributed by atoms with Gasteiger partial charge in [-0.15, -0.1) is 0 Å². The Morgan fingerprint density at radius 3 is 1.53 bits per heavy atom. The first-order valence-corrected chi connectivity index (χ1v) is 19.9. The molecule has 0 saturated heterocycles. The van der Waals surface area contributed by atoms with E-state index in [2.05, 4.69) is 194 Å². The van der Waals surface area contributed by atoms with Gasteiger partial charge in [-0.1, -0.05) is 172 Å². The van der Waals surface area contributed by atoms with Crippen LogP contribution in [0, 0.1) is 0 Å². The Bertz CT molecular complexity index is 3180. The van der Waals surface area contributed by atoms with Crippen molar-refractivity contribution in [2.24, 2.45) is 0 Å². The highest BCUT2D eigenvalue weighted by Gasteiger charge is 2.35. The number of benzene rings is 8. The summed E-state index contributed by atoms with van der Waals surface area (Å²) in [6, 6.07) is 69.0. The summed E-state index contributed by atoms with van der Waals surface area (Å²) in [4.78, 5) is 15.3. The molecule has 2 aromatic heterocycles. The van der Waals surface area contributed by atoms with Crippen molar-refractivity contribution in [1.29, 1.82) is 0 Å². The van der Waals surface area contributed by atoms with E-state index < -0.39 is 0 Å². The van der Waals surface area contributed by atoms with E-state index in [-0.39, 0.29) is 5.41 Å². The molecule has 3 heterocycles. The Labute approximate surface area is 337 Å². The number of fused-ring (bicyclic) bond motifs is 5. The van der Waals surface area contributed by atoms with Gasteiger partial charge in [0.25, 0.3) is 0 Å². The van der Waals surface area contributed by atoms with E-state index in [1.807, 2.05) is 18.2 Å². The van der Waals surface area contributed by atoms with Gasteiger partial charge in [-0.2, -0.15) is 0 Å². The van der Waals surface area contributed by atoms with Crippen molar-refractivity contribution >= 4 is 21.8 Å². The second-order valence-electron chi connectivity index (χ2n) is 15.7. The van der Waals surface area contributed by atoms with Crippen LogP contribution in [0.2, 0.25) is 0 Å². The molecule has 10 aromatic rings. The molecule has 0 aliphatic carbocycles. The molecular formula is C54H38N4. The lowest BCUT2D eigenvalue weighted by Gasteiger charge is -2.35. The highest BCUT2D eigenvalue weighted by atomic mass is 15.0. The molecule has 0 amide bonds. The number of rotatable bonds is 6. The molecule has 4 heteroatoms. The standard InChI is InChI=1S/C54H38N4/c1-54(2)46-24-10-12-26-49(46)58-48-25-11-9-23-44(48)45-33-43(34-47(54)50(45)58)41-21-14-22-42(32-41)53-56-51(37-17-7-4-8-18-37)55-52(57-53)38-29-27-36(28-30-38)40-20-13-19-39(31-40)35-15-5-3-6-16-35/h3-34H,1-2H3. The van der Waals surface area contributed by atoms with Gasteiger partial charge in [0.05, 0.1) is 16.7 Å². The zero-order chi connectivity index (χ0) is 38.8. The third-order valence-corrected chi connectivity index (χ3v) is 11.8. The van der Waals surface area contributed by atoms with Crippen molar-refractivity contribution in [3.05, 3.63) is 205 Å². The van der Waals surface area contributed by atoms with Crippen LogP contribution in [0.25, 0.3) is 95.0 Å². The van der Waals surface area contributed by atoms with E-state index >= 15 is 0 Å². The molecule has 0 N–H and O–H groups in total. The van der Waals surface area contributed by atoms with Crippen LogP contribution in [-0.2, 0) is 5.41 Å². The summed E-state index contributed by atoms with van der Waals surface area (Å²) >= 11 is 0. The molecule has 0 saturated carbocycles. The predicted molar refractivity (Wildman–Crippen MR) is 239 cm³/mol. The normalized spacial score (nSPS) is 12.8. The van der Waals surface area contributed by atoms with E-state index in [4.69, 9.17) is 15.0 Å². The number of aromatic nitrogens is 4. The molecule has 274 valence electrons. The molecule has 8 aromatic carbocycles.